The molecule has 0 saturated carbocycles. The number of anilines is 1. The van der Waals surface area contributed by atoms with Crippen molar-refractivity contribution < 1.29 is 14.6 Å². The van der Waals surface area contributed by atoms with Crippen LogP contribution in [0.2, 0.25) is 0 Å². The zero-order valence-corrected chi connectivity index (χ0v) is 18.3. The predicted molar refractivity (Wildman–Crippen MR) is 122 cm³/mol. The summed E-state index contributed by atoms with van der Waals surface area (Å²) >= 11 is 1.36. The molecule has 1 atom stereocenters. The molecule has 5 nitrogen and oxygen atoms in total. The number of hydrogen-bond donors (Lipinski definition) is 1. The molecule has 30 heavy (non-hydrogen) atoms. The van der Waals surface area contributed by atoms with Gasteiger partial charge in [-0.1, -0.05) is 54.2 Å². The Labute approximate surface area is 181 Å². The number of fused-ring (bicyclic) bond motifs is 3. The van der Waals surface area contributed by atoms with Crippen LogP contribution in [0.25, 0.3) is 10.8 Å². The highest BCUT2D eigenvalue weighted by Crippen LogP contribution is 2.51. The van der Waals surface area contributed by atoms with Crippen LogP contribution in [-0.2, 0) is 9.73 Å². The normalized spacial score (nSPS) is 19.1. The van der Waals surface area contributed by atoms with E-state index >= 15 is 0 Å². The van der Waals surface area contributed by atoms with Crippen molar-refractivity contribution in [1.29, 1.82) is 0 Å². The molecule has 0 saturated heterocycles. The molecule has 3 aromatic rings. The third-order valence-corrected chi connectivity index (χ3v) is 6.78. The van der Waals surface area contributed by atoms with E-state index < -0.39 is 4.93 Å². The first-order valence-electron chi connectivity index (χ1n) is 9.94. The minimum absolute atomic E-state index is 0.000428. The Kier molecular flexibility index (Phi) is 5.73. The van der Waals surface area contributed by atoms with Crippen molar-refractivity contribution in [3.05, 3.63) is 66.2 Å². The van der Waals surface area contributed by atoms with Gasteiger partial charge in [-0.3, -0.25) is 4.79 Å². The molecule has 0 aromatic heterocycles. The largest absolute Gasteiger partial charge is 0.497 e. The van der Waals surface area contributed by atoms with E-state index in [1.807, 2.05) is 67.5 Å². The number of aliphatic hydroxyl groups is 1. The maximum Gasteiger partial charge on any atom is 0.231 e. The van der Waals surface area contributed by atoms with Crippen molar-refractivity contribution >= 4 is 34.1 Å². The van der Waals surface area contributed by atoms with Crippen LogP contribution >= 0.6 is 11.8 Å². The zero-order chi connectivity index (χ0) is 21.3. The van der Waals surface area contributed by atoms with Crippen molar-refractivity contribution in [3.63, 3.8) is 0 Å². The van der Waals surface area contributed by atoms with E-state index in [0.717, 1.165) is 27.9 Å². The van der Waals surface area contributed by atoms with Gasteiger partial charge in [-0.25, -0.2) is 0 Å². The maximum atomic E-state index is 13.3. The van der Waals surface area contributed by atoms with E-state index in [1.165, 1.54) is 11.8 Å². The molecule has 3 aromatic carbocycles. The first-order chi connectivity index (χ1) is 14.4. The lowest BCUT2D eigenvalue weighted by Crippen LogP contribution is -2.38. The Morgan fingerprint density at radius 1 is 1.10 bits per heavy atom. The van der Waals surface area contributed by atoms with Crippen LogP contribution < -0.4 is 9.64 Å². The molecule has 0 bridgehead atoms. The number of methoxy groups -OCH3 is 1. The average Bonchev–Trinajstić information content (AvgIpc) is 2.85. The van der Waals surface area contributed by atoms with Crippen LogP contribution in [0.5, 0.6) is 5.75 Å². The van der Waals surface area contributed by atoms with E-state index in [-0.39, 0.29) is 12.3 Å². The van der Waals surface area contributed by atoms with Crippen LogP contribution in [0, 0.1) is 0 Å². The number of rotatable bonds is 5. The lowest BCUT2D eigenvalue weighted by molar-refractivity contribution is -0.121. The zero-order valence-electron chi connectivity index (χ0n) is 17.5. The molecule has 1 N–H and O–H groups in total. The molecule has 156 valence electrons. The van der Waals surface area contributed by atoms with Crippen molar-refractivity contribution in [2.45, 2.75) is 16.2 Å². The Hall–Kier alpha value is -2.54. The van der Waals surface area contributed by atoms with Crippen LogP contribution in [0.3, 0.4) is 0 Å². The summed E-state index contributed by atoms with van der Waals surface area (Å²) in [7, 11) is 5.59. The lowest BCUT2D eigenvalue weighted by atomic mass is 10.0. The Morgan fingerprint density at radius 3 is 2.53 bits per heavy atom. The van der Waals surface area contributed by atoms with Gasteiger partial charge in [0.1, 0.15) is 10.7 Å². The number of nitrogens with zero attached hydrogens (tertiary/aromatic N) is 2. The topological polar surface area (TPSA) is 53.0 Å². The third kappa shape index (κ3) is 3.90. The number of carbonyl (C=O) groups is 1. The number of ether oxygens (including phenoxy) is 1. The van der Waals surface area contributed by atoms with E-state index in [2.05, 4.69) is 17.0 Å². The summed E-state index contributed by atoms with van der Waals surface area (Å²) in [6, 6.07) is 19.4. The Morgan fingerprint density at radius 2 is 1.83 bits per heavy atom. The van der Waals surface area contributed by atoms with E-state index in [4.69, 9.17) is 4.74 Å². The molecular formula is C24H26N2O3S. The molecule has 1 unspecified atom stereocenters. The van der Waals surface area contributed by atoms with Crippen LogP contribution in [0.15, 0.2) is 65.6 Å². The fourth-order valence-corrected chi connectivity index (χ4v) is 5.11. The van der Waals surface area contributed by atoms with Gasteiger partial charge in [0.25, 0.3) is 0 Å². The second-order valence-corrected chi connectivity index (χ2v) is 9.06. The summed E-state index contributed by atoms with van der Waals surface area (Å²) in [5.41, 5.74) is 1.55. The Bertz CT molecular complexity index is 1070. The van der Waals surface area contributed by atoms with Gasteiger partial charge in [-0.05, 0) is 48.6 Å². The molecule has 4 rings (SSSR count). The van der Waals surface area contributed by atoms with E-state index in [0.29, 0.717) is 17.9 Å². The Balaban J connectivity index is 1.85. The van der Waals surface area contributed by atoms with E-state index in [9.17, 15) is 9.90 Å². The van der Waals surface area contributed by atoms with Gasteiger partial charge in [-0.2, -0.15) is 0 Å². The van der Waals surface area contributed by atoms with Gasteiger partial charge in [0.05, 0.1) is 19.2 Å². The van der Waals surface area contributed by atoms with Crippen LogP contribution in [0.1, 0.15) is 12.0 Å². The molecule has 1 amide bonds. The average molecular weight is 423 g/mol. The summed E-state index contributed by atoms with van der Waals surface area (Å²) in [6.07, 6.45) is 0.000428. The smallest absolute Gasteiger partial charge is 0.231 e. The molecule has 6 heteroatoms. The predicted octanol–water partition coefficient (Wildman–Crippen LogP) is 4.08. The van der Waals surface area contributed by atoms with Gasteiger partial charge < -0.3 is 19.6 Å². The maximum absolute atomic E-state index is 13.3. The second-order valence-electron chi connectivity index (χ2n) is 7.78. The second kappa shape index (κ2) is 8.30. The molecule has 1 aliphatic heterocycles. The van der Waals surface area contributed by atoms with E-state index in [1.54, 1.807) is 7.11 Å². The number of carbonyl (C=O) groups excluding carboxylic acids is 1. The lowest BCUT2D eigenvalue weighted by Gasteiger charge is -2.26. The first kappa shape index (κ1) is 20.7. The highest BCUT2D eigenvalue weighted by Gasteiger charge is 2.40. The summed E-state index contributed by atoms with van der Waals surface area (Å²) in [5.74, 6) is 0.627. The highest BCUT2D eigenvalue weighted by molar-refractivity contribution is 8.00. The first-order valence-corrected chi connectivity index (χ1v) is 10.8. The standard InChI is InChI=1S/C24H26N2O3S/c1-25(2)14-15-26-21-13-8-17-6-4-5-7-20(17)23(21)30-24(28,16-22(26)27)18-9-11-19(29-3)12-10-18/h4-13,28H,14-16H2,1-3H3. The van der Waals surface area contributed by atoms with Gasteiger partial charge in [0, 0.05) is 18.0 Å². The molecule has 1 aliphatic rings. The third-order valence-electron chi connectivity index (χ3n) is 5.42. The fourth-order valence-electron chi connectivity index (χ4n) is 3.75. The molecule has 0 fully saturated rings. The molecule has 0 radical (unpaired) electrons. The monoisotopic (exact) mass is 422 g/mol. The van der Waals surface area contributed by atoms with Gasteiger partial charge in [0.2, 0.25) is 5.91 Å². The number of hydrogen-bond acceptors (Lipinski definition) is 5. The van der Waals surface area contributed by atoms with Crippen LogP contribution in [0.4, 0.5) is 5.69 Å². The quantitative estimate of drug-likeness (QED) is 0.671. The minimum atomic E-state index is -1.37. The molecule has 0 spiro atoms. The molecular weight excluding hydrogens is 396 g/mol. The number of amides is 1. The van der Waals surface area contributed by atoms with Crippen molar-refractivity contribution in [2.24, 2.45) is 0 Å². The number of benzene rings is 3. The minimum Gasteiger partial charge on any atom is -0.497 e. The summed E-state index contributed by atoms with van der Waals surface area (Å²) < 4.78 is 5.25. The SMILES string of the molecule is COc1ccc(C2(O)CC(=O)N(CCN(C)C)c3ccc4ccccc4c3S2)cc1. The summed E-state index contributed by atoms with van der Waals surface area (Å²) in [4.78, 5) is 16.8. The van der Waals surface area contributed by atoms with Crippen molar-refractivity contribution in [1.82, 2.24) is 4.90 Å². The van der Waals surface area contributed by atoms with Crippen molar-refractivity contribution in [3.8, 4) is 5.75 Å². The summed E-state index contributed by atoms with van der Waals surface area (Å²) in [6.45, 7) is 1.31. The van der Waals surface area contributed by atoms with Gasteiger partial charge in [-0.15, -0.1) is 0 Å². The van der Waals surface area contributed by atoms with Gasteiger partial charge in [0.15, 0.2) is 0 Å². The van der Waals surface area contributed by atoms with Crippen LogP contribution in [-0.4, -0.2) is 50.2 Å². The summed E-state index contributed by atoms with van der Waals surface area (Å²) in [5, 5.41) is 13.8. The highest BCUT2D eigenvalue weighted by atomic mass is 32.2. The van der Waals surface area contributed by atoms with Crippen molar-refractivity contribution in [2.75, 3.05) is 39.2 Å². The number of thioether (sulfide) groups is 1. The number of likely N-dealkylation sites (N-methyl/N-ethyl adjacent to an activating group) is 1. The fraction of sp³-hybridized carbons (Fsp3) is 0.292. The molecule has 0 aliphatic carbocycles. The molecule has 1 heterocycles. The van der Waals surface area contributed by atoms with Gasteiger partial charge >= 0.3 is 0 Å².